The summed E-state index contributed by atoms with van der Waals surface area (Å²) in [5, 5.41) is 11.1. The van der Waals surface area contributed by atoms with E-state index in [1.54, 1.807) is 44.4 Å². The smallest absolute Gasteiger partial charge is 0.410 e. The van der Waals surface area contributed by atoms with Crippen LogP contribution in [-0.2, 0) is 9.47 Å². The number of fused-ring (bicyclic) bond motifs is 1. The van der Waals surface area contributed by atoms with Crippen LogP contribution in [0.3, 0.4) is 0 Å². The van der Waals surface area contributed by atoms with E-state index in [1.807, 2.05) is 6.07 Å². The second-order valence-corrected chi connectivity index (χ2v) is 9.43. The molecule has 0 bridgehead atoms. The Morgan fingerprint density at radius 2 is 1.97 bits per heavy atom. The van der Waals surface area contributed by atoms with Gasteiger partial charge >= 0.3 is 12.1 Å². The standard InChI is InChI=1S/C21H25IN2O6/c1-5-29-19(27)14-9-24(15-7-6-12(22)8-13(15)18(14)26)16-10-23(11-17(16)25)20(28)30-21(2,3)4/h6-9,16-17,25H,5,10-11H2,1-4H3/t16-,17-/m0/s1. The lowest BCUT2D eigenvalue weighted by Crippen LogP contribution is -2.36. The summed E-state index contributed by atoms with van der Waals surface area (Å²) in [5.41, 5.74) is -0.606. The number of rotatable bonds is 3. The van der Waals surface area contributed by atoms with Crippen molar-refractivity contribution in [2.45, 2.75) is 45.4 Å². The molecule has 1 saturated heterocycles. The van der Waals surface area contributed by atoms with Crippen molar-refractivity contribution >= 4 is 45.6 Å². The van der Waals surface area contributed by atoms with Gasteiger partial charge in [-0.05, 0) is 68.5 Å². The predicted molar refractivity (Wildman–Crippen MR) is 120 cm³/mol. The Bertz CT molecular complexity index is 1040. The summed E-state index contributed by atoms with van der Waals surface area (Å²) in [7, 11) is 0. The second-order valence-electron chi connectivity index (χ2n) is 8.18. The van der Waals surface area contributed by atoms with Gasteiger partial charge in [0.2, 0.25) is 5.43 Å². The number of carbonyl (C=O) groups is 2. The fourth-order valence-electron chi connectivity index (χ4n) is 3.47. The first-order valence-electron chi connectivity index (χ1n) is 9.69. The predicted octanol–water partition coefficient (Wildman–Crippen LogP) is 2.94. The van der Waals surface area contributed by atoms with E-state index in [1.165, 1.54) is 11.1 Å². The van der Waals surface area contributed by atoms with Crippen LogP contribution in [0.2, 0.25) is 0 Å². The van der Waals surface area contributed by atoms with Crippen LogP contribution in [-0.4, -0.2) is 58.0 Å². The van der Waals surface area contributed by atoms with Gasteiger partial charge in [-0.3, -0.25) is 4.79 Å². The number of benzene rings is 1. The average molecular weight is 528 g/mol. The van der Waals surface area contributed by atoms with E-state index in [0.29, 0.717) is 10.9 Å². The number of hydrogen-bond donors (Lipinski definition) is 1. The molecule has 2 aromatic rings. The molecule has 1 aromatic carbocycles. The van der Waals surface area contributed by atoms with Crippen LogP contribution in [0, 0.1) is 3.57 Å². The number of aliphatic hydroxyl groups excluding tert-OH is 1. The lowest BCUT2D eigenvalue weighted by molar-refractivity contribution is 0.0269. The van der Waals surface area contributed by atoms with Gasteiger partial charge in [0.05, 0.1) is 30.8 Å². The fourth-order valence-corrected chi connectivity index (χ4v) is 3.97. The minimum Gasteiger partial charge on any atom is -0.462 e. The monoisotopic (exact) mass is 528 g/mol. The lowest BCUT2D eigenvalue weighted by Gasteiger charge is -2.24. The largest absolute Gasteiger partial charge is 0.462 e. The molecule has 0 radical (unpaired) electrons. The van der Waals surface area contributed by atoms with Crippen LogP contribution in [0.5, 0.6) is 0 Å². The fraction of sp³-hybridized carbons (Fsp3) is 0.476. The van der Waals surface area contributed by atoms with Crippen LogP contribution in [0.25, 0.3) is 10.9 Å². The van der Waals surface area contributed by atoms with E-state index < -0.39 is 35.2 Å². The van der Waals surface area contributed by atoms with E-state index in [9.17, 15) is 19.5 Å². The Morgan fingerprint density at radius 3 is 2.60 bits per heavy atom. The maximum atomic E-state index is 12.9. The third kappa shape index (κ3) is 4.61. The van der Waals surface area contributed by atoms with Gasteiger partial charge in [-0.2, -0.15) is 0 Å². The number of esters is 1. The van der Waals surface area contributed by atoms with Crippen LogP contribution in [0.15, 0.2) is 29.2 Å². The Morgan fingerprint density at radius 1 is 1.27 bits per heavy atom. The minimum atomic E-state index is -0.891. The van der Waals surface area contributed by atoms with E-state index in [4.69, 9.17) is 9.47 Å². The topological polar surface area (TPSA) is 98.1 Å². The van der Waals surface area contributed by atoms with Crippen molar-refractivity contribution in [3.8, 4) is 0 Å². The van der Waals surface area contributed by atoms with Crippen LogP contribution in [0.4, 0.5) is 4.79 Å². The Labute approximate surface area is 187 Å². The molecule has 162 valence electrons. The molecule has 1 fully saturated rings. The highest BCUT2D eigenvalue weighted by atomic mass is 127. The molecule has 1 aliphatic rings. The van der Waals surface area contributed by atoms with Crippen LogP contribution >= 0.6 is 22.6 Å². The van der Waals surface area contributed by atoms with Crippen molar-refractivity contribution in [2.24, 2.45) is 0 Å². The number of carbonyl (C=O) groups excluding carboxylic acids is 2. The van der Waals surface area contributed by atoms with Gasteiger partial charge in [0.15, 0.2) is 0 Å². The number of ether oxygens (including phenoxy) is 2. The number of amides is 1. The van der Waals surface area contributed by atoms with Gasteiger partial charge in [-0.25, -0.2) is 9.59 Å². The SMILES string of the molecule is CCOC(=O)c1cn([C@H]2CN(C(=O)OC(C)(C)C)C[C@@H]2O)c2ccc(I)cc2c1=O. The Hall–Kier alpha value is -2.14. The summed E-state index contributed by atoms with van der Waals surface area (Å²) in [6.07, 6.45) is 0.00857. The average Bonchev–Trinajstić information content (AvgIpc) is 3.03. The number of hydrogen-bond acceptors (Lipinski definition) is 6. The maximum absolute atomic E-state index is 12.9. The van der Waals surface area contributed by atoms with E-state index in [0.717, 1.165) is 3.57 Å². The van der Waals surface area contributed by atoms with E-state index in [-0.39, 0.29) is 25.3 Å². The number of aromatic nitrogens is 1. The molecular weight excluding hydrogens is 503 g/mol. The van der Waals surface area contributed by atoms with E-state index in [2.05, 4.69) is 22.6 Å². The first-order valence-corrected chi connectivity index (χ1v) is 10.8. The number of likely N-dealkylation sites (tertiary alicyclic amines) is 1. The molecule has 8 nitrogen and oxygen atoms in total. The summed E-state index contributed by atoms with van der Waals surface area (Å²) in [4.78, 5) is 39.2. The van der Waals surface area contributed by atoms with Crippen molar-refractivity contribution in [3.05, 3.63) is 43.8 Å². The molecular formula is C21H25IN2O6. The molecule has 1 N–H and O–H groups in total. The summed E-state index contributed by atoms with van der Waals surface area (Å²) in [6, 6.07) is 4.77. The van der Waals surface area contributed by atoms with Crippen molar-refractivity contribution < 1.29 is 24.2 Å². The van der Waals surface area contributed by atoms with E-state index >= 15 is 0 Å². The zero-order chi connectivity index (χ0) is 22.2. The van der Waals surface area contributed by atoms with Crippen molar-refractivity contribution in [1.82, 2.24) is 9.47 Å². The molecule has 2 atom stereocenters. The molecule has 0 saturated carbocycles. The summed E-state index contributed by atoms with van der Waals surface area (Å²) in [6.45, 7) is 7.40. The highest BCUT2D eigenvalue weighted by Gasteiger charge is 2.38. The highest BCUT2D eigenvalue weighted by molar-refractivity contribution is 14.1. The zero-order valence-corrected chi connectivity index (χ0v) is 19.5. The van der Waals surface area contributed by atoms with Crippen molar-refractivity contribution in [3.63, 3.8) is 0 Å². The zero-order valence-electron chi connectivity index (χ0n) is 17.3. The lowest BCUT2D eigenvalue weighted by atomic mass is 10.1. The molecule has 0 spiro atoms. The molecule has 2 heterocycles. The van der Waals surface area contributed by atoms with Crippen LogP contribution < -0.4 is 5.43 Å². The Kier molecular flexibility index (Phi) is 6.42. The molecule has 1 amide bonds. The Balaban J connectivity index is 2.06. The molecule has 3 rings (SSSR count). The number of pyridine rings is 1. The van der Waals surface area contributed by atoms with Crippen molar-refractivity contribution in [1.29, 1.82) is 0 Å². The number of β-amino-alcohol motifs (C(OH)–C–C–N with tert-alkyl or cyclic N) is 1. The van der Waals surface area contributed by atoms with Gasteiger partial charge in [0.1, 0.15) is 11.2 Å². The first kappa shape index (κ1) is 22.5. The van der Waals surface area contributed by atoms with Gasteiger partial charge in [0, 0.05) is 21.7 Å². The number of halogens is 1. The quantitative estimate of drug-likeness (QED) is 0.486. The molecule has 1 aromatic heterocycles. The van der Waals surface area contributed by atoms with Gasteiger partial charge < -0.3 is 24.0 Å². The third-order valence-electron chi connectivity index (χ3n) is 4.76. The normalized spacial score (nSPS) is 19.2. The summed E-state index contributed by atoms with van der Waals surface area (Å²) >= 11 is 2.10. The molecule has 30 heavy (non-hydrogen) atoms. The van der Waals surface area contributed by atoms with Gasteiger partial charge in [-0.1, -0.05) is 0 Å². The molecule has 1 aliphatic heterocycles. The number of aliphatic hydroxyl groups is 1. The van der Waals surface area contributed by atoms with Gasteiger partial charge in [-0.15, -0.1) is 0 Å². The third-order valence-corrected chi connectivity index (χ3v) is 5.43. The molecule has 0 unspecified atom stereocenters. The first-order chi connectivity index (χ1) is 14.0. The maximum Gasteiger partial charge on any atom is 0.410 e. The molecule has 9 heteroatoms. The minimum absolute atomic E-state index is 0.0896. The summed E-state index contributed by atoms with van der Waals surface area (Å²) < 4.78 is 13.0. The second kappa shape index (κ2) is 8.54. The highest BCUT2D eigenvalue weighted by Crippen LogP contribution is 2.28. The number of nitrogens with zero attached hydrogens (tertiary/aromatic N) is 2. The van der Waals surface area contributed by atoms with Gasteiger partial charge in [0.25, 0.3) is 0 Å². The molecule has 0 aliphatic carbocycles. The van der Waals surface area contributed by atoms with Crippen molar-refractivity contribution in [2.75, 3.05) is 19.7 Å². The summed E-state index contributed by atoms with van der Waals surface area (Å²) in [5.74, 6) is -0.714. The van der Waals surface area contributed by atoms with Crippen LogP contribution in [0.1, 0.15) is 44.1 Å².